The Morgan fingerprint density at radius 1 is 1.39 bits per heavy atom. The van der Waals surface area contributed by atoms with E-state index in [0.717, 1.165) is 32.7 Å². The second-order valence-electron chi connectivity index (χ2n) is 6.04. The average Bonchev–Trinajstić information content (AvgIpc) is 2.37. The fourth-order valence-electron chi connectivity index (χ4n) is 2.26. The summed E-state index contributed by atoms with van der Waals surface area (Å²) < 4.78 is 0. The van der Waals surface area contributed by atoms with E-state index < -0.39 is 0 Å². The molecule has 1 saturated heterocycles. The number of likely N-dealkylation sites (tertiary alicyclic amines) is 1. The van der Waals surface area contributed by atoms with Gasteiger partial charge in [-0.25, -0.2) is 0 Å². The molecule has 0 aromatic heterocycles. The minimum atomic E-state index is 0.0554. The predicted molar refractivity (Wildman–Crippen MR) is 75.6 cm³/mol. The number of rotatable bonds is 6. The molecule has 0 spiro atoms. The van der Waals surface area contributed by atoms with Crippen LogP contribution >= 0.6 is 0 Å². The summed E-state index contributed by atoms with van der Waals surface area (Å²) in [5.41, 5.74) is 0.278. The molecule has 1 amide bonds. The van der Waals surface area contributed by atoms with E-state index in [4.69, 9.17) is 0 Å². The van der Waals surface area contributed by atoms with Crippen LogP contribution < -0.4 is 10.6 Å². The summed E-state index contributed by atoms with van der Waals surface area (Å²) in [6, 6.07) is 0. The lowest BCUT2D eigenvalue weighted by Crippen LogP contribution is -2.45. The first-order valence-corrected chi connectivity index (χ1v) is 7.14. The Kier molecular flexibility index (Phi) is 6.09. The number of piperidine rings is 1. The zero-order valence-electron chi connectivity index (χ0n) is 12.4. The number of hydrogen-bond acceptors (Lipinski definition) is 3. The maximum absolute atomic E-state index is 11.9. The quantitative estimate of drug-likeness (QED) is 0.746. The molecule has 0 aromatic rings. The van der Waals surface area contributed by atoms with Gasteiger partial charge in [0.05, 0.1) is 0 Å². The number of hydrogen-bond donors (Lipinski definition) is 2. The van der Waals surface area contributed by atoms with E-state index in [0.29, 0.717) is 0 Å². The fraction of sp³-hybridized carbons (Fsp3) is 0.929. The SMILES string of the molecule is CCNCC(C)C(=O)NCC1(C)CCN(C)CC1. The molecule has 1 heterocycles. The van der Waals surface area contributed by atoms with Gasteiger partial charge in [-0.1, -0.05) is 20.8 Å². The van der Waals surface area contributed by atoms with Crippen LogP contribution in [0.25, 0.3) is 0 Å². The second kappa shape index (κ2) is 7.10. The van der Waals surface area contributed by atoms with Crippen molar-refractivity contribution in [2.24, 2.45) is 11.3 Å². The maximum Gasteiger partial charge on any atom is 0.224 e. The Morgan fingerprint density at radius 3 is 2.56 bits per heavy atom. The van der Waals surface area contributed by atoms with Crippen molar-refractivity contribution in [3.05, 3.63) is 0 Å². The zero-order valence-corrected chi connectivity index (χ0v) is 12.4. The van der Waals surface area contributed by atoms with Crippen molar-refractivity contribution in [1.29, 1.82) is 0 Å². The topological polar surface area (TPSA) is 44.4 Å². The largest absolute Gasteiger partial charge is 0.355 e. The monoisotopic (exact) mass is 255 g/mol. The summed E-state index contributed by atoms with van der Waals surface area (Å²) in [6.07, 6.45) is 2.34. The molecule has 18 heavy (non-hydrogen) atoms. The first-order valence-electron chi connectivity index (χ1n) is 7.14. The molecule has 0 saturated carbocycles. The van der Waals surface area contributed by atoms with E-state index in [1.165, 1.54) is 12.8 Å². The third kappa shape index (κ3) is 4.94. The first-order chi connectivity index (χ1) is 8.47. The maximum atomic E-state index is 11.9. The molecule has 1 unspecified atom stereocenters. The molecular formula is C14H29N3O. The third-order valence-corrected chi connectivity index (χ3v) is 4.03. The summed E-state index contributed by atoms with van der Waals surface area (Å²) in [4.78, 5) is 14.3. The highest BCUT2D eigenvalue weighted by atomic mass is 16.1. The van der Waals surface area contributed by atoms with Gasteiger partial charge in [-0.3, -0.25) is 4.79 Å². The third-order valence-electron chi connectivity index (χ3n) is 4.03. The van der Waals surface area contributed by atoms with Gasteiger partial charge in [0.2, 0.25) is 5.91 Å². The molecule has 1 aliphatic rings. The average molecular weight is 255 g/mol. The van der Waals surface area contributed by atoms with Gasteiger partial charge in [0.25, 0.3) is 0 Å². The highest BCUT2D eigenvalue weighted by molar-refractivity contribution is 5.78. The van der Waals surface area contributed by atoms with Crippen molar-refractivity contribution in [3.63, 3.8) is 0 Å². The zero-order chi connectivity index (χ0) is 13.6. The van der Waals surface area contributed by atoms with Crippen LogP contribution in [0.4, 0.5) is 0 Å². The second-order valence-corrected chi connectivity index (χ2v) is 6.04. The van der Waals surface area contributed by atoms with E-state index >= 15 is 0 Å². The minimum absolute atomic E-state index is 0.0554. The lowest BCUT2D eigenvalue weighted by molar-refractivity contribution is -0.125. The molecule has 0 radical (unpaired) electrons. The van der Waals surface area contributed by atoms with Crippen LogP contribution in [-0.2, 0) is 4.79 Å². The van der Waals surface area contributed by atoms with Crippen LogP contribution in [0.5, 0.6) is 0 Å². The van der Waals surface area contributed by atoms with Crippen LogP contribution in [0.15, 0.2) is 0 Å². The highest BCUT2D eigenvalue weighted by Crippen LogP contribution is 2.29. The van der Waals surface area contributed by atoms with Gasteiger partial charge in [0.1, 0.15) is 0 Å². The Morgan fingerprint density at radius 2 is 2.00 bits per heavy atom. The molecule has 0 aliphatic carbocycles. The lowest BCUT2D eigenvalue weighted by atomic mass is 9.80. The van der Waals surface area contributed by atoms with Gasteiger partial charge >= 0.3 is 0 Å². The molecule has 106 valence electrons. The molecule has 1 atom stereocenters. The number of carbonyl (C=O) groups excluding carboxylic acids is 1. The molecular weight excluding hydrogens is 226 g/mol. The highest BCUT2D eigenvalue weighted by Gasteiger charge is 2.29. The van der Waals surface area contributed by atoms with Crippen LogP contribution in [0.2, 0.25) is 0 Å². The summed E-state index contributed by atoms with van der Waals surface area (Å²) in [5.74, 6) is 0.232. The van der Waals surface area contributed by atoms with Crippen molar-refractivity contribution >= 4 is 5.91 Å². The molecule has 4 nitrogen and oxygen atoms in total. The Bertz CT molecular complexity index is 260. The summed E-state index contributed by atoms with van der Waals surface area (Å²) in [7, 11) is 2.16. The number of amides is 1. The van der Waals surface area contributed by atoms with Crippen molar-refractivity contribution in [1.82, 2.24) is 15.5 Å². The van der Waals surface area contributed by atoms with Gasteiger partial charge in [-0.15, -0.1) is 0 Å². The van der Waals surface area contributed by atoms with Crippen molar-refractivity contribution in [2.45, 2.75) is 33.6 Å². The van der Waals surface area contributed by atoms with Crippen molar-refractivity contribution in [3.8, 4) is 0 Å². The molecule has 1 aliphatic heterocycles. The van der Waals surface area contributed by atoms with Gasteiger partial charge in [-0.2, -0.15) is 0 Å². The Hall–Kier alpha value is -0.610. The molecule has 2 N–H and O–H groups in total. The van der Waals surface area contributed by atoms with E-state index in [-0.39, 0.29) is 17.2 Å². The Labute approximate surface area is 111 Å². The fourth-order valence-corrected chi connectivity index (χ4v) is 2.26. The van der Waals surface area contributed by atoms with Gasteiger partial charge in [0, 0.05) is 19.0 Å². The lowest BCUT2D eigenvalue weighted by Gasteiger charge is -2.38. The van der Waals surface area contributed by atoms with E-state index in [9.17, 15) is 4.79 Å². The first kappa shape index (κ1) is 15.4. The molecule has 1 rings (SSSR count). The number of nitrogens with one attached hydrogen (secondary N) is 2. The van der Waals surface area contributed by atoms with Crippen molar-refractivity contribution in [2.75, 3.05) is 39.8 Å². The molecule has 1 fully saturated rings. The predicted octanol–water partition coefficient (Wildman–Crippen LogP) is 1.08. The van der Waals surface area contributed by atoms with Gasteiger partial charge in [-0.05, 0) is 44.9 Å². The van der Waals surface area contributed by atoms with E-state index in [2.05, 4.69) is 36.4 Å². The van der Waals surface area contributed by atoms with Crippen LogP contribution in [0, 0.1) is 11.3 Å². The smallest absolute Gasteiger partial charge is 0.224 e. The molecule has 0 bridgehead atoms. The minimum Gasteiger partial charge on any atom is -0.355 e. The summed E-state index contributed by atoms with van der Waals surface area (Å²) in [6.45, 7) is 11.1. The normalized spacial score (nSPS) is 21.6. The van der Waals surface area contributed by atoms with E-state index in [1.54, 1.807) is 0 Å². The summed E-state index contributed by atoms with van der Waals surface area (Å²) >= 11 is 0. The Balaban J connectivity index is 2.29. The standard InChI is InChI=1S/C14H29N3O/c1-5-15-10-12(2)13(18)16-11-14(3)6-8-17(4)9-7-14/h12,15H,5-11H2,1-4H3,(H,16,18). The molecule has 4 heteroatoms. The van der Waals surface area contributed by atoms with Crippen molar-refractivity contribution < 1.29 is 4.79 Å². The van der Waals surface area contributed by atoms with Gasteiger partial charge < -0.3 is 15.5 Å². The number of nitrogens with zero attached hydrogens (tertiary/aromatic N) is 1. The van der Waals surface area contributed by atoms with E-state index in [1.807, 2.05) is 6.92 Å². The van der Waals surface area contributed by atoms with Crippen LogP contribution in [-0.4, -0.2) is 50.6 Å². The summed E-state index contributed by atoms with van der Waals surface area (Å²) in [5, 5.41) is 6.33. The van der Waals surface area contributed by atoms with Crippen LogP contribution in [0.1, 0.15) is 33.6 Å². The number of carbonyl (C=O) groups is 1. The van der Waals surface area contributed by atoms with Crippen LogP contribution in [0.3, 0.4) is 0 Å². The van der Waals surface area contributed by atoms with Gasteiger partial charge in [0.15, 0.2) is 0 Å². The molecule has 0 aromatic carbocycles.